The first-order valence-corrected chi connectivity index (χ1v) is 6.43. The number of rotatable bonds is 3. The maximum absolute atomic E-state index is 11.8. The molecule has 0 aliphatic heterocycles. The molecule has 0 aliphatic rings. The van der Waals surface area contributed by atoms with E-state index in [0.717, 1.165) is 4.31 Å². The van der Waals surface area contributed by atoms with Gasteiger partial charge in [0.1, 0.15) is 4.90 Å². The van der Waals surface area contributed by atoms with Gasteiger partial charge in [-0.15, -0.1) is 0 Å². The van der Waals surface area contributed by atoms with Gasteiger partial charge in [-0.05, 0) is 18.2 Å². The molecule has 0 heterocycles. The Kier molecular flexibility index (Phi) is 4.13. The van der Waals surface area contributed by atoms with Crippen molar-refractivity contribution >= 4 is 27.6 Å². The lowest BCUT2D eigenvalue weighted by Crippen LogP contribution is -2.22. The van der Waals surface area contributed by atoms with Crippen molar-refractivity contribution in [2.45, 2.75) is 4.90 Å². The molecule has 0 aliphatic carbocycles. The molecule has 0 bridgehead atoms. The standard InChI is InChI=1S/C10H12ClNO4S/c1-12(2)17(14,15)9-5-4-7(6-8(9)11)10(13)16-3/h4-6H,1-3H3. The van der Waals surface area contributed by atoms with Crippen molar-refractivity contribution in [1.82, 2.24) is 4.31 Å². The number of halogens is 1. The van der Waals surface area contributed by atoms with Crippen molar-refractivity contribution in [3.63, 3.8) is 0 Å². The summed E-state index contributed by atoms with van der Waals surface area (Å²) in [4.78, 5) is 11.2. The van der Waals surface area contributed by atoms with Crippen LogP contribution in [0.3, 0.4) is 0 Å². The Morgan fingerprint density at radius 1 is 1.35 bits per heavy atom. The highest BCUT2D eigenvalue weighted by Crippen LogP contribution is 2.24. The number of carbonyl (C=O) groups is 1. The normalized spacial score (nSPS) is 11.6. The molecule has 1 aromatic rings. The van der Waals surface area contributed by atoms with Crippen molar-refractivity contribution in [2.75, 3.05) is 21.2 Å². The molecule has 0 saturated heterocycles. The van der Waals surface area contributed by atoms with E-state index in [-0.39, 0.29) is 15.5 Å². The number of esters is 1. The third-order valence-corrected chi connectivity index (χ3v) is 4.41. The van der Waals surface area contributed by atoms with E-state index < -0.39 is 16.0 Å². The number of benzene rings is 1. The predicted molar refractivity (Wildman–Crippen MR) is 63.7 cm³/mol. The largest absolute Gasteiger partial charge is 0.465 e. The van der Waals surface area contributed by atoms with Crippen LogP contribution in [-0.4, -0.2) is 39.9 Å². The van der Waals surface area contributed by atoms with Crippen LogP contribution in [0.2, 0.25) is 5.02 Å². The van der Waals surface area contributed by atoms with Gasteiger partial charge in [0.2, 0.25) is 10.0 Å². The SMILES string of the molecule is COC(=O)c1ccc(S(=O)(=O)N(C)C)c(Cl)c1. The summed E-state index contributed by atoms with van der Waals surface area (Å²) >= 11 is 5.85. The molecule has 0 aromatic heterocycles. The van der Waals surface area contributed by atoms with E-state index in [0.29, 0.717) is 0 Å². The van der Waals surface area contributed by atoms with E-state index in [2.05, 4.69) is 4.74 Å². The first-order valence-electron chi connectivity index (χ1n) is 4.61. The Balaban J connectivity index is 3.29. The number of sulfonamides is 1. The van der Waals surface area contributed by atoms with Crippen molar-refractivity contribution in [1.29, 1.82) is 0 Å². The lowest BCUT2D eigenvalue weighted by molar-refractivity contribution is 0.0600. The van der Waals surface area contributed by atoms with Crippen LogP contribution in [0, 0.1) is 0 Å². The third-order valence-electron chi connectivity index (χ3n) is 2.11. The van der Waals surface area contributed by atoms with Crippen LogP contribution in [-0.2, 0) is 14.8 Å². The van der Waals surface area contributed by atoms with Gasteiger partial charge in [-0.2, -0.15) is 0 Å². The fourth-order valence-electron chi connectivity index (χ4n) is 1.15. The Labute approximate surface area is 105 Å². The maximum atomic E-state index is 11.8. The predicted octanol–water partition coefficient (Wildman–Crippen LogP) is 1.38. The van der Waals surface area contributed by atoms with Gasteiger partial charge in [0.05, 0.1) is 17.7 Å². The summed E-state index contributed by atoms with van der Waals surface area (Å²) in [6.45, 7) is 0. The third kappa shape index (κ3) is 2.77. The van der Waals surface area contributed by atoms with E-state index >= 15 is 0 Å². The van der Waals surface area contributed by atoms with Gasteiger partial charge >= 0.3 is 5.97 Å². The molecule has 5 nitrogen and oxygen atoms in total. The van der Waals surface area contributed by atoms with Crippen LogP contribution in [0.1, 0.15) is 10.4 Å². The molecule has 0 radical (unpaired) electrons. The molecule has 0 N–H and O–H groups in total. The summed E-state index contributed by atoms with van der Waals surface area (Å²) in [7, 11) is 0.435. The van der Waals surface area contributed by atoms with Crippen molar-refractivity contribution in [2.24, 2.45) is 0 Å². The molecule has 94 valence electrons. The van der Waals surface area contributed by atoms with Crippen LogP contribution in [0.4, 0.5) is 0 Å². The zero-order valence-electron chi connectivity index (χ0n) is 9.60. The first-order chi connectivity index (χ1) is 7.80. The second-order valence-corrected chi connectivity index (χ2v) is 5.95. The molecule has 0 saturated carbocycles. The minimum absolute atomic E-state index is 0.0124. The minimum Gasteiger partial charge on any atom is -0.465 e. The fraction of sp³-hybridized carbons (Fsp3) is 0.300. The minimum atomic E-state index is -3.61. The van der Waals surface area contributed by atoms with Gasteiger partial charge in [-0.1, -0.05) is 11.6 Å². The summed E-state index contributed by atoms with van der Waals surface area (Å²) in [6.07, 6.45) is 0. The topological polar surface area (TPSA) is 63.7 Å². The molecule has 0 fully saturated rings. The Morgan fingerprint density at radius 2 is 1.94 bits per heavy atom. The molecule has 0 unspecified atom stereocenters. The van der Waals surface area contributed by atoms with Crippen LogP contribution >= 0.6 is 11.6 Å². The Hall–Kier alpha value is -1.11. The number of ether oxygens (including phenoxy) is 1. The van der Waals surface area contributed by atoms with Crippen LogP contribution < -0.4 is 0 Å². The van der Waals surface area contributed by atoms with E-state index in [1.54, 1.807) is 0 Å². The van der Waals surface area contributed by atoms with Gasteiger partial charge in [-0.3, -0.25) is 0 Å². The van der Waals surface area contributed by atoms with E-state index in [1.165, 1.54) is 39.4 Å². The first kappa shape index (κ1) is 14.0. The highest BCUT2D eigenvalue weighted by molar-refractivity contribution is 7.89. The zero-order valence-corrected chi connectivity index (χ0v) is 11.2. The van der Waals surface area contributed by atoms with Crippen molar-refractivity contribution < 1.29 is 17.9 Å². The summed E-state index contributed by atoms with van der Waals surface area (Å²) in [5, 5.41) is -0.0124. The van der Waals surface area contributed by atoms with Gasteiger partial charge in [0.25, 0.3) is 0 Å². The van der Waals surface area contributed by atoms with Gasteiger partial charge < -0.3 is 4.74 Å². The maximum Gasteiger partial charge on any atom is 0.337 e. The van der Waals surface area contributed by atoms with Gasteiger partial charge in [0, 0.05) is 14.1 Å². The average molecular weight is 278 g/mol. The molecule has 7 heteroatoms. The molecule has 1 rings (SSSR count). The summed E-state index contributed by atoms with van der Waals surface area (Å²) in [5.74, 6) is -0.569. The van der Waals surface area contributed by atoms with Crippen molar-refractivity contribution in [3.05, 3.63) is 28.8 Å². The van der Waals surface area contributed by atoms with E-state index in [4.69, 9.17) is 11.6 Å². The summed E-state index contributed by atoms with van der Waals surface area (Å²) < 4.78 is 29.2. The molecular weight excluding hydrogens is 266 g/mol. The molecule has 17 heavy (non-hydrogen) atoms. The molecule has 0 spiro atoms. The molecular formula is C10H12ClNO4S. The Morgan fingerprint density at radius 3 is 2.35 bits per heavy atom. The van der Waals surface area contributed by atoms with Crippen LogP contribution in [0.5, 0.6) is 0 Å². The zero-order chi connectivity index (χ0) is 13.2. The second-order valence-electron chi connectivity index (χ2n) is 3.42. The summed E-state index contributed by atoms with van der Waals surface area (Å²) in [5.41, 5.74) is 0.204. The second kappa shape index (κ2) is 5.03. The highest BCUT2D eigenvalue weighted by Gasteiger charge is 2.21. The van der Waals surface area contributed by atoms with Crippen LogP contribution in [0.15, 0.2) is 23.1 Å². The van der Waals surface area contributed by atoms with Crippen molar-refractivity contribution in [3.8, 4) is 0 Å². The number of hydrogen-bond acceptors (Lipinski definition) is 4. The monoisotopic (exact) mass is 277 g/mol. The lowest BCUT2D eigenvalue weighted by atomic mass is 10.2. The number of carbonyl (C=O) groups excluding carboxylic acids is 1. The number of hydrogen-bond donors (Lipinski definition) is 0. The highest BCUT2D eigenvalue weighted by atomic mass is 35.5. The lowest BCUT2D eigenvalue weighted by Gasteiger charge is -2.12. The fourth-order valence-corrected chi connectivity index (χ4v) is 2.56. The molecule has 0 amide bonds. The van der Waals surface area contributed by atoms with Crippen LogP contribution in [0.25, 0.3) is 0 Å². The molecule has 1 aromatic carbocycles. The molecule has 0 atom stereocenters. The van der Waals surface area contributed by atoms with E-state index in [9.17, 15) is 13.2 Å². The van der Waals surface area contributed by atoms with Gasteiger partial charge in [-0.25, -0.2) is 17.5 Å². The Bertz CT molecular complexity index is 539. The average Bonchev–Trinajstić information content (AvgIpc) is 2.27. The van der Waals surface area contributed by atoms with E-state index in [1.807, 2.05) is 0 Å². The summed E-state index contributed by atoms with van der Waals surface area (Å²) in [6, 6.07) is 3.90. The number of nitrogens with zero attached hydrogens (tertiary/aromatic N) is 1. The van der Waals surface area contributed by atoms with Gasteiger partial charge in [0.15, 0.2) is 0 Å². The quantitative estimate of drug-likeness (QED) is 0.783. The number of methoxy groups -OCH3 is 1. The smallest absolute Gasteiger partial charge is 0.337 e.